The van der Waals surface area contributed by atoms with Crippen LogP contribution in [0.15, 0.2) is 43.1 Å². The molecule has 146 valence electrons. The van der Waals surface area contributed by atoms with Gasteiger partial charge in [0.2, 0.25) is 5.88 Å². The maximum atomic E-state index is 5.84. The lowest BCUT2D eigenvalue weighted by atomic mass is 10.1. The van der Waals surface area contributed by atoms with Crippen molar-refractivity contribution in [2.24, 2.45) is 0 Å². The monoisotopic (exact) mass is 368 g/mol. The number of rotatable bonds is 13. The van der Waals surface area contributed by atoms with Crippen LogP contribution < -0.4 is 4.74 Å². The number of ether oxygens (including phenoxy) is 2. The molecule has 0 radical (unpaired) electrons. The fourth-order valence-corrected chi connectivity index (χ4v) is 2.79. The first-order chi connectivity index (χ1) is 13.2. The number of benzene rings is 1. The Labute approximate surface area is 163 Å². The van der Waals surface area contributed by atoms with Gasteiger partial charge in [-0.1, -0.05) is 50.6 Å². The molecule has 0 N–H and O–H groups in total. The van der Waals surface area contributed by atoms with E-state index in [1.807, 2.05) is 6.07 Å². The van der Waals surface area contributed by atoms with Gasteiger partial charge in [0, 0.05) is 6.61 Å². The van der Waals surface area contributed by atoms with Crippen LogP contribution in [-0.4, -0.2) is 29.3 Å². The van der Waals surface area contributed by atoms with E-state index < -0.39 is 0 Å². The second kappa shape index (κ2) is 12.2. The average molecular weight is 369 g/mol. The number of fused-ring (bicyclic) bond motifs is 1. The van der Waals surface area contributed by atoms with Crippen LogP contribution in [0.1, 0.15) is 57.9 Å². The van der Waals surface area contributed by atoms with Crippen molar-refractivity contribution in [3.63, 3.8) is 0 Å². The highest BCUT2D eigenvalue weighted by Crippen LogP contribution is 2.17. The van der Waals surface area contributed by atoms with Crippen molar-refractivity contribution in [3.8, 4) is 5.88 Å². The Morgan fingerprint density at radius 3 is 2.89 bits per heavy atom. The van der Waals surface area contributed by atoms with Crippen LogP contribution in [-0.2, 0) is 4.74 Å². The van der Waals surface area contributed by atoms with Gasteiger partial charge in [0.25, 0.3) is 0 Å². The minimum absolute atomic E-state index is 0.351. The highest BCUT2D eigenvalue weighted by atomic mass is 16.5. The Bertz CT molecular complexity index is 727. The summed E-state index contributed by atoms with van der Waals surface area (Å²) in [7, 11) is 0. The van der Waals surface area contributed by atoms with Crippen molar-refractivity contribution in [1.29, 1.82) is 0 Å². The maximum absolute atomic E-state index is 5.84. The van der Waals surface area contributed by atoms with Crippen LogP contribution in [0.5, 0.6) is 5.88 Å². The molecule has 2 rings (SSSR count). The van der Waals surface area contributed by atoms with Gasteiger partial charge in [-0.15, -0.1) is 0 Å². The maximum Gasteiger partial charge on any atom is 0.233 e. The first kappa shape index (κ1) is 21.1. The van der Waals surface area contributed by atoms with Crippen LogP contribution in [0, 0.1) is 0 Å². The van der Waals surface area contributed by atoms with E-state index in [0.29, 0.717) is 18.6 Å². The molecule has 1 unspecified atom stereocenters. The normalized spacial score (nSPS) is 12.5. The molecule has 0 spiro atoms. The summed E-state index contributed by atoms with van der Waals surface area (Å²) in [5, 5.41) is 0. The summed E-state index contributed by atoms with van der Waals surface area (Å²) in [5.41, 5.74) is 2.85. The molecule has 0 amide bonds. The molecule has 1 heterocycles. The summed E-state index contributed by atoms with van der Waals surface area (Å²) in [6.45, 7) is 9.35. The standard InChI is InChI=1S/C23H32N2O2/c1-4-6-10-16-26-19(3)11-8-7-9-12-20-13-14-21-22(17-20)24-18-23(25-21)27-15-5-2/h5,9,12-14,17-19H,2,4,6-8,10-11,15-16H2,1,3H3. The topological polar surface area (TPSA) is 44.2 Å². The number of hydrogen-bond acceptors (Lipinski definition) is 4. The van der Waals surface area contributed by atoms with Crippen molar-refractivity contribution >= 4 is 17.1 Å². The molecule has 0 fully saturated rings. The van der Waals surface area contributed by atoms with Gasteiger partial charge in [-0.05, 0) is 50.3 Å². The number of hydrogen-bond donors (Lipinski definition) is 0. The number of allylic oxidation sites excluding steroid dienone is 1. The lowest BCUT2D eigenvalue weighted by Gasteiger charge is -2.12. The van der Waals surface area contributed by atoms with E-state index in [9.17, 15) is 0 Å². The van der Waals surface area contributed by atoms with Crippen LogP contribution in [0.25, 0.3) is 17.1 Å². The Kier molecular flexibility index (Phi) is 9.56. The Morgan fingerprint density at radius 2 is 2.07 bits per heavy atom. The Morgan fingerprint density at radius 1 is 1.19 bits per heavy atom. The summed E-state index contributed by atoms with van der Waals surface area (Å²) in [5.74, 6) is 0.525. The number of nitrogens with zero attached hydrogens (tertiary/aromatic N) is 2. The van der Waals surface area contributed by atoms with E-state index in [2.05, 4.69) is 54.7 Å². The first-order valence-electron chi connectivity index (χ1n) is 10.0. The molecule has 0 bridgehead atoms. The van der Waals surface area contributed by atoms with Crippen molar-refractivity contribution in [3.05, 3.63) is 48.7 Å². The van der Waals surface area contributed by atoms with Crippen molar-refractivity contribution in [2.75, 3.05) is 13.2 Å². The van der Waals surface area contributed by atoms with E-state index in [1.54, 1.807) is 12.3 Å². The summed E-state index contributed by atoms with van der Waals surface area (Å²) in [6, 6.07) is 6.09. The quantitative estimate of drug-likeness (QED) is 0.322. The molecule has 0 aliphatic carbocycles. The molecule has 0 aliphatic heterocycles. The minimum Gasteiger partial charge on any atom is -0.472 e. The second-order valence-corrected chi connectivity index (χ2v) is 6.78. The number of aromatic nitrogens is 2. The van der Waals surface area contributed by atoms with Crippen molar-refractivity contribution in [1.82, 2.24) is 9.97 Å². The fourth-order valence-electron chi connectivity index (χ4n) is 2.79. The minimum atomic E-state index is 0.351. The third kappa shape index (κ3) is 7.92. The lowest BCUT2D eigenvalue weighted by molar-refractivity contribution is 0.0566. The van der Waals surface area contributed by atoms with Crippen molar-refractivity contribution < 1.29 is 9.47 Å². The molecule has 0 saturated heterocycles. The lowest BCUT2D eigenvalue weighted by Crippen LogP contribution is -2.08. The van der Waals surface area contributed by atoms with Gasteiger partial charge in [0.1, 0.15) is 6.61 Å². The van der Waals surface area contributed by atoms with E-state index in [0.717, 1.165) is 42.5 Å². The average Bonchev–Trinajstić information content (AvgIpc) is 2.69. The zero-order valence-corrected chi connectivity index (χ0v) is 16.7. The predicted octanol–water partition coefficient (Wildman–Crippen LogP) is 5.97. The van der Waals surface area contributed by atoms with Gasteiger partial charge >= 0.3 is 0 Å². The van der Waals surface area contributed by atoms with Crippen LogP contribution >= 0.6 is 0 Å². The molecule has 2 aromatic rings. The summed E-state index contributed by atoms with van der Waals surface area (Å²) in [4.78, 5) is 8.88. The zero-order valence-electron chi connectivity index (χ0n) is 16.7. The van der Waals surface area contributed by atoms with Gasteiger partial charge in [0.05, 0.1) is 23.3 Å². The third-order valence-corrected chi connectivity index (χ3v) is 4.34. The summed E-state index contributed by atoms with van der Waals surface area (Å²) < 4.78 is 11.3. The largest absolute Gasteiger partial charge is 0.472 e. The summed E-state index contributed by atoms with van der Waals surface area (Å²) >= 11 is 0. The van der Waals surface area contributed by atoms with E-state index in [4.69, 9.17) is 9.47 Å². The molecule has 1 aromatic carbocycles. The molecule has 1 atom stereocenters. The second-order valence-electron chi connectivity index (χ2n) is 6.78. The van der Waals surface area contributed by atoms with Gasteiger partial charge in [-0.2, -0.15) is 0 Å². The molecule has 27 heavy (non-hydrogen) atoms. The highest BCUT2D eigenvalue weighted by Gasteiger charge is 2.02. The Hall–Kier alpha value is -2.20. The van der Waals surface area contributed by atoms with E-state index in [1.165, 1.54) is 19.3 Å². The molecular weight excluding hydrogens is 336 g/mol. The van der Waals surface area contributed by atoms with Crippen molar-refractivity contribution in [2.45, 2.75) is 58.5 Å². The van der Waals surface area contributed by atoms with Gasteiger partial charge in [-0.25, -0.2) is 9.97 Å². The molecule has 0 aliphatic rings. The molecule has 4 heteroatoms. The summed E-state index contributed by atoms with van der Waals surface area (Å²) in [6.07, 6.45) is 15.0. The van der Waals surface area contributed by atoms with Crippen LogP contribution in [0.4, 0.5) is 0 Å². The smallest absolute Gasteiger partial charge is 0.233 e. The van der Waals surface area contributed by atoms with Gasteiger partial charge < -0.3 is 9.47 Å². The zero-order chi connectivity index (χ0) is 19.3. The fraction of sp³-hybridized carbons (Fsp3) is 0.478. The molecule has 1 aromatic heterocycles. The first-order valence-corrected chi connectivity index (χ1v) is 10.0. The third-order valence-electron chi connectivity index (χ3n) is 4.34. The SMILES string of the molecule is C=CCOc1cnc2cc(C=CCCCC(C)OCCCCC)ccc2n1. The van der Waals surface area contributed by atoms with E-state index in [-0.39, 0.29) is 0 Å². The molecule has 4 nitrogen and oxygen atoms in total. The molecule has 0 saturated carbocycles. The molecular formula is C23H32N2O2. The van der Waals surface area contributed by atoms with Gasteiger partial charge in [-0.3, -0.25) is 0 Å². The van der Waals surface area contributed by atoms with Gasteiger partial charge in [0.15, 0.2) is 0 Å². The van der Waals surface area contributed by atoms with E-state index >= 15 is 0 Å². The predicted molar refractivity (Wildman–Crippen MR) is 113 cm³/mol. The van der Waals surface area contributed by atoms with Crippen LogP contribution in [0.2, 0.25) is 0 Å². The van der Waals surface area contributed by atoms with Crippen LogP contribution in [0.3, 0.4) is 0 Å². The highest BCUT2D eigenvalue weighted by molar-refractivity contribution is 5.77. The number of unbranched alkanes of at least 4 members (excludes halogenated alkanes) is 3. The Balaban J connectivity index is 1.76.